The third-order valence-electron chi connectivity index (χ3n) is 2.44. The molecule has 0 unspecified atom stereocenters. The molecule has 0 amide bonds. The van der Waals surface area contributed by atoms with Crippen molar-refractivity contribution in [1.29, 1.82) is 0 Å². The first-order valence-corrected chi connectivity index (χ1v) is 4.85. The van der Waals surface area contributed by atoms with E-state index in [-0.39, 0.29) is 0 Å². The van der Waals surface area contributed by atoms with E-state index < -0.39 is 0 Å². The highest BCUT2D eigenvalue weighted by molar-refractivity contribution is 5.58. The normalized spacial score (nSPS) is 10.2. The van der Waals surface area contributed by atoms with E-state index >= 15 is 0 Å². The molecule has 3 nitrogen and oxygen atoms in total. The molecule has 76 valence electrons. The molecule has 0 aromatic carbocycles. The average molecular weight is 199 g/mol. The first-order valence-electron chi connectivity index (χ1n) is 4.85. The smallest absolute Gasteiger partial charge is 0.107 e. The first-order chi connectivity index (χ1) is 7.24. The van der Waals surface area contributed by atoms with Crippen molar-refractivity contribution in [2.24, 2.45) is 0 Å². The van der Waals surface area contributed by atoms with Gasteiger partial charge in [0.25, 0.3) is 0 Å². The third kappa shape index (κ3) is 1.55. The van der Waals surface area contributed by atoms with Crippen molar-refractivity contribution >= 4 is 0 Å². The summed E-state index contributed by atoms with van der Waals surface area (Å²) in [7, 11) is 0. The Morgan fingerprint density at radius 3 is 2.93 bits per heavy atom. The van der Waals surface area contributed by atoms with Gasteiger partial charge in [0.15, 0.2) is 0 Å². The minimum atomic E-state index is 0.557. The highest BCUT2D eigenvalue weighted by Gasteiger charge is 2.12. The molecule has 0 aliphatic rings. The molecule has 0 aliphatic heterocycles. The van der Waals surface area contributed by atoms with Crippen LogP contribution in [-0.2, 0) is 6.54 Å². The SMILES string of the molecule is C#CCn1c(C)nc(C)c1-c1ccc[nH]1. The molecule has 15 heavy (non-hydrogen) atoms. The number of terminal acetylenes is 1. The number of nitrogens with one attached hydrogen (secondary N) is 1. The highest BCUT2D eigenvalue weighted by atomic mass is 15.1. The molecule has 0 spiro atoms. The zero-order valence-corrected chi connectivity index (χ0v) is 8.91. The van der Waals surface area contributed by atoms with Crippen molar-refractivity contribution in [2.45, 2.75) is 20.4 Å². The number of aryl methyl sites for hydroxylation is 2. The Labute approximate surface area is 89.2 Å². The van der Waals surface area contributed by atoms with Crippen LogP contribution < -0.4 is 0 Å². The molecule has 0 atom stereocenters. The van der Waals surface area contributed by atoms with E-state index in [0.717, 1.165) is 22.9 Å². The van der Waals surface area contributed by atoms with Gasteiger partial charge in [-0.05, 0) is 26.0 Å². The molecule has 0 bridgehead atoms. The monoisotopic (exact) mass is 199 g/mol. The minimum absolute atomic E-state index is 0.557. The van der Waals surface area contributed by atoms with E-state index in [1.165, 1.54) is 0 Å². The summed E-state index contributed by atoms with van der Waals surface area (Å²) in [4.78, 5) is 7.61. The fourth-order valence-electron chi connectivity index (χ4n) is 1.82. The molecular weight excluding hydrogens is 186 g/mol. The van der Waals surface area contributed by atoms with Gasteiger partial charge in [-0.2, -0.15) is 0 Å². The summed E-state index contributed by atoms with van der Waals surface area (Å²) >= 11 is 0. The van der Waals surface area contributed by atoms with Gasteiger partial charge in [0.05, 0.1) is 23.6 Å². The van der Waals surface area contributed by atoms with Crippen LogP contribution in [-0.4, -0.2) is 14.5 Å². The van der Waals surface area contributed by atoms with Crippen LogP contribution in [0, 0.1) is 26.2 Å². The van der Waals surface area contributed by atoms with Gasteiger partial charge < -0.3 is 9.55 Å². The van der Waals surface area contributed by atoms with Gasteiger partial charge >= 0.3 is 0 Å². The predicted octanol–water partition coefficient (Wildman–Crippen LogP) is 2.13. The maximum absolute atomic E-state index is 5.35. The number of aromatic nitrogens is 3. The maximum Gasteiger partial charge on any atom is 0.107 e. The van der Waals surface area contributed by atoms with Crippen molar-refractivity contribution in [3.63, 3.8) is 0 Å². The number of H-pyrrole nitrogens is 1. The van der Waals surface area contributed by atoms with Crippen LogP contribution >= 0.6 is 0 Å². The lowest BCUT2D eigenvalue weighted by molar-refractivity contribution is 0.803. The largest absolute Gasteiger partial charge is 0.360 e. The number of hydrogen-bond acceptors (Lipinski definition) is 1. The van der Waals surface area contributed by atoms with Gasteiger partial charge in [0.1, 0.15) is 5.82 Å². The van der Waals surface area contributed by atoms with Crippen LogP contribution in [0.1, 0.15) is 11.5 Å². The quantitative estimate of drug-likeness (QED) is 0.738. The molecule has 2 aromatic rings. The zero-order chi connectivity index (χ0) is 10.8. The van der Waals surface area contributed by atoms with Gasteiger partial charge in [-0.1, -0.05) is 5.92 Å². The predicted molar refractivity (Wildman–Crippen MR) is 60.3 cm³/mol. The van der Waals surface area contributed by atoms with Crippen LogP contribution in [0.15, 0.2) is 18.3 Å². The Balaban J connectivity index is 2.60. The van der Waals surface area contributed by atoms with Crippen molar-refractivity contribution in [2.75, 3.05) is 0 Å². The summed E-state index contributed by atoms with van der Waals surface area (Å²) in [5, 5.41) is 0. The number of hydrogen-bond donors (Lipinski definition) is 1. The van der Waals surface area contributed by atoms with Crippen molar-refractivity contribution in [3.05, 3.63) is 29.8 Å². The van der Waals surface area contributed by atoms with Crippen LogP contribution in [0.5, 0.6) is 0 Å². The van der Waals surface area contributed by atoms with E-state index in [1.54, 1.807) is 0 Å². The Bertz CT molecular complexity index is 498. The van der Waals surface area contributed by atoms with E-state index in [0.29, 0.717) is 6.54 Å². The second kappa shape index (κ2) is 3.66. The lowest BCUT2D eigenvalue weighted by Gasteiger charge is -2.05. The molecule has 0 aliphatic carbocycles. The van der Waals surface area contributed by atoms with Crippen LogP contribution in [0.2, 0.25) is 0 Å². The number of imidazole rings is 1. The number of aromatic amines is 1. The van der Waals surface area contributed by atoms with E-state index in [4.69, 9.17) is 6.42 Å². The summed E-state index contributed by atoms with van der Waals surface area (Å²) in [6.07, 6.45) is 7.25. The number of rotatable bonds is 2. The van der Waals surface area contributed by atoms with E-state index in [9.17, 15) is 0 Å². The molecule has 0 saturated carbocycles. The first kappa shape index (κ1) is 9.60. The second-order valence-electron chi connectivity index (χ2n) is 3.47. The zero-order valence-electron chi connectivity index (χ0n) is 8.91. The van der Waals surface area contributed by atoms with Gasteiger partial charge in [-0.15, -0.1) is 6.42 Å². The molecule has 0 radical (unpaired) electrons. The van der Waals surface area contributed by atoms with Crippen LogP contribution in [0.4, 0.5) is 0 Å². The fraction of sp³-hybridized carbons (Fsp3) is 0.250. The Morgan fingerprint density at radius 2 is 2.33 bits per heavy atom. The van der Waals surface area contributed by atoms with Gasteiger partial charge in [-0.25, -0.2) is 4.98 Å². The molecular formula is C12H13N3. The second-order valence-corrected chi connectivity index (χ2v) is 3.47. The highest BCUT2D eigenvalue weighted by Crippen LogP contribution is 2.22. The minimum Gasteiger partial charge on any atom is -0.360 e. The molecule has 2 aromatic heterocycles. The molecule has 0 saturated heterocycles. The van der Waals surface area contributed by atoms with Crippen molar-refractivity contribution in [1.82, 2.24) is 14.5 Å². The lowest BCUT2D eigenvalue weighted by Crippen LogP contribution is -2.01. The summed E-state index contributed by atoms with van der Waals surface area (Å²) in [5.41, 5.74) is 3.14. The van der Waals surface area contributed by atoms with Gasteiger partial charge in [-0.3, -0.25) is 0 Å². The maximum atomic E-state index is 5.35. The summed E-state index contributed by atoms with van der Waals surface area (Å²) in [6, 6.07) is 3.99. The molecule has 2 rings (SSSR count). The Morgan fingerprint density at radius 1 is 1.53 bits per heavy atom. The van der Waals surface area contributed by atoms with E-state index in [2.05, 4.69) is 15.9 Å². The summed E-state index contributed by atoms with van der Waals surface area (Å²) in [6.45, 7) is 4.52. The topological polar surface area (TPSA) is 33.6 Å². The van der Waals surface area contributed by atoms with Gasteiger partial charge in [0.2, 0.25) is 0 Å². The van der Waals surface area contributed by atoms with Crippen molar-refractivity contribution in [3.8, 4) is 23.7 Å². The molecule has 1 N–H and O–H groups in total. The Kier molecular flexibility index (Phi) is 2.34. The Hall–Kier alpha value is -1.95. The van der Waals surface area contributed by atoms with E-state index in [1.807, 2.05) is 36.7 Å². The average Bonchev–Trinajstić information content (AvgIpc) is 2.77. The standard InChI is InChI=1S/C12H13N3/c1-4-8-15-10(3)14-9(2)12(15)11-6-5-7-13-11/h1,5-7,13H,8H2,2-3H3. The molecule has 0 fully saturated rings. The lowest BCUT2D eigenvalue weighted by atomic mass is 10.2. The summed E-state index contributed by atoms with van der Waals surface area (Å²) in [5.74, 6) is 3.60. The van der Waals surface area contributed by atoms with Crippen molar-refractivity contribution < 1.29 is 0 Å². The third-order valence-corrected chi connectivity index (χ3v) is 2.44. The van der Waals surface area contributed by atoms with Crippen LogP contribution in [0.3, 0.4) is 0 Å². The molecule has 2 heterocycles. The summed E-state index contributed by atoms with van der Waals surface area (Å²) < 4.78 is 2.04. The number of nitrogens with zero attached hydrogens (tertiary/aromatic N) is 2. The fourth-order valence-corrected chi connectivity index (χ4v) is 1.82. The van der Waals surface area contributed by atoms with Gasteiger partial charge in [0, 0.05) is 6.20 Å². The molecule has 3 heteroatoms. The van der Waals surface area contributed by atoms with Crippen LogP contribution in [0.25, 0.3) is 11.4 Å².